The van der Waals surface area contributed by atoms with Crippen LogP contribution in [0.1, 0.15) is 56.6 Å². The summed E-state index contributed by atoms with van der Waals surface area (Å²) in [6.45, 7) is 2.42. The number of aliphatic hydroxyl groups is 3. The molecule has 6 heteroatoms. The molecule has 2 heterocycles. The molecule has 1 aromatic carbocycles. The third-order valence-corrected chi connectivity index (χ3v) is 10.7. The number of likely N-dealkylation sites (N-methyl/N-ethyl adjacent to an activating group) is 1. The van der Waals surface area contributed by atoms with Gasteiger partial charge in [-0.05, 0) is 80.3 Å². The van der Waals surface area contributed by atoms with E-state index in [1.54, 1.807) is 0 Å². The molecule has 1 saturated heterocycles. The van der Waals surface area contributed by atoms with E-state index in [1.165, 1.54) is 11.1 Å². The average molecular weight is 486 g/mol. The van der Waals surface area contributed by atoms with E-state index in [4.69, 9.17) is 16.3 Å². The van der Waals surface area contributed by atoms with Crippen molar-refractivity contribution in [2.45, 2.75) is 86.4 Å². The Hall–Kier alpha value is -1.21. The van der Waals surface area contributed by atoms with Crippen molar-refractivity contribution in [3.05, 3.63) is 53.1 Å². The maximum Gasteiger partial charge on any atom is 0.105 e. The van der Waals surface area contributed by atoms with Gasteiger partial charge in [0.1, 0.15) is 6.10 Å². The van der Waals surface area contributed by atoms with Crippen LogP contribution in [0, 0.1) is 11.3 Å². The Morgan fingerprint density at radius 1 is 1.09 bits per heavy atom. The zero-order chi connectivity index (χ0) is 24.1. The van der Waals surface area contributed by atoms with E-state index in [2.05, 4.69) is 31.2 Å². The van der Waals surface area contributed by atoms with Gasteiger partial charge in [-0.3, -0.25) is 0 Å². The summed E-state index contributed by atoms with van der Waals surface area (Å²) >= 11 is 7.50. The highest BCUT2D eigenvalue weighted by atomic mass is 35.5. The lowest BCUT2D eigenvalue weighted by Crippen LogP contribution is -2.68. The van der Waals surface area contributed by atoms with E-state index in [0.29, 0.717) is 6.42 Å². The summed E-state index contributed by atoms with van der Waals surface area (Å²) < 4.78 is 7.22. The number of hydrogen-bond acceptors (Lipinski definition) is 5. The summed E-state index contributed by atoms with van der Waals surface area (Å²) in [5, 5.41) is 31.5. The van der Waals surface area contributed by atoms with Gasteiger partial charge in [0.25, 0.3) is 0 Å². The number of nitrogens with zero attached hydrogens (tertiary/aromatic N) is 1. The molecule has 2 unspecified atom stereocenters. The summed E-state index contributed by atoms with van der Waals surface area (Å²) in [4.78, 5) is 1.33. The second-order valence-corrected chi connectivity index (χ2v) is 12.5. The summed E-state index contributed by atoms with van der Waals surface area (Å²) in [5.74, 6) is 0.248. The molecule has 2 spiro atoms. The molecule has 2 aliphatic heterocycles. The topological polar surface area (TPSA) is 73.2 Å². The Balaban J connectivity index is 1.40. The van der Waals surface area contributed by atoms with E-state index in [1.807, 2.05) is 31.1 Å². The van der Waals surface area contributed by atoms with Crippen LogP contribution in [-0.2, 0) is 11.3 Å². The molecule has 5 aliphatic rings. The van der Waals surface area contributed by atoms with Crippen molar-refractivity contribution in [1.82, 2.24) is 4.90 Å². The second-order valence-electron chi connectivity index (χ2n) is 11.8. The molecule has 2 bridgehead atoms. The summed E-state index contributed by atoms with van der Waals surface area (Å²) in [7, 11) is 3.91. The minimum absolute atomic E-state index is 0.0518. The molecule has 3 N–H and O–H groups in total. The molecular formula is C28H36ClNO4. The fourth-order valence-corrected chi connectivity index (χ4v) is 8.70. The Morgan fingerprint density at radius 3 is 2.50 bits per heavy atom. The number of benzene rings is 1. The van der Waals surface area contributed by atoms with Crippen LogP contribution in [-0.4, -0.2) is 68.6 Å². The van der Waals surface area contributed by atoms with Crippen LogP contribution in [0.5, 0.6) is 0 Å². The summed E-state index contributed by atoms with van der Waals surface area (Å²) in [6, 6.07) is 8.10. The highest BCUT2D eigenvalue weighted by Crippen LogP contribution is 2.71. The maximum atomic E-state index is 11.2. The first kappa shape index (κ1) is 23.2. The van der Waals surface area contributed by atoms with Gasteiger partial charge in [0, 0.05) is 12.0 Å². The SMILES string of the molecule is CN(C)[C@H]1C[C@@]23CC[C@]4(O2)C2CC=C(c5ccc(CO)cc5)[C@@]2(C)CCC4(Cl)C=C3[C@@H](O)[C@@H]1O. The van der Waals surface area contributed by atoms with Crippen molar-refractivity contribution in [2.75, 3.05) is 14.1 Å². The predicted molar refractivity (Wildman–Crippen MR) is 132 cm³/mol. The Kier molecular flexibility index (Phi) is 5.05. The van der Waals surface area contributed by atoms with Crippen molar-refractivity contribution in [3.63, 3.8) is 0 Å². The van der Waals surface area contributed by atoms with E-state index in [0.717, 1.165) is 43.2 Å². The standard InChI is InChI=1S/C28H36ClNO4/c1-25-10-12-27(29)14-20-23(32)24(33)21(30(2)3)15-26(20)11-13-28(27,34-26)22(25)9-8-19(25)18-6-4-17(16-31)5-7-18/h4-8,14,21-24,31-33H,9-13,15-16H2,1-3H3/t21-,22?,23+,24+,25+,26+,27?,28-/m0/s1. The van der Waals surface area contributed by atoms with Gasteiger partial charge in [0.05, 0.1) is 28.8 Å². The first-order valence-electron chi connectivity index (χ1n) is 12.6. The number of allylic oxidation sites excluding steroid dienone is 2. The summed E-state index contributed by atoms with van der Waals surface area (Å²) in [6.07, 6.45) is 7.68. The lowest BCUT2D eigenvalue weighted by molar-refractivity contribution is -0.199. The Bertz CT molecular complexity index is 1070. The zero-order valence-electron chi connectivity index (χ0n) is 20.3. The number of aliphatic hydroxyl groups excluding tert-OH is 3. The average Bonchev–Trinajstić information content (AvgIpc) is 3.35. The highest BCUT2D eigenvalue weighted by molar-refractivity contribution is 6.26. The molecule has 5 nitrogen and oxygen atoms in total. The molecule has 34 heavy (non-hydrogen) atoms. The molecule has 0 amide bonds. The smallest absolute Gasteiger partial charge is 0.105 e. The molecule has 6 rings (SSSR count). The highest BCUT2D eigenvalue weighted by Gasteiger charge is 2.73. The molecule has 184 valence electrons. The normalized spacial score (nSPS) is 47.1. The van der Waals surface area contributed by atoms with Crippen LogP contribution < -0.4 is 0 Å². The van der Waals surface area contributed by atoms with Crippen LogP contribution >= 0.6 is 11.6 Å². The van der Waals surface area contributed by atoms with Crippen molar-refractivity contribution in [1.29, 1.82) is 0 Å². The number of fused-ring (bicyclic) bond motifs is 1. The van der Waals surface area contributed by atoms with E-state index in [9.17, 15) is 15.3 Å². The largest absolute Gasteiger partial charge is 0.392 e. The third-order valence-electron chi connectivity index (χ3n) is 10.1. The van der Waals surface area contributed by atoms with Gasteiger partial charge in [0.15, 0.2) is 0 Å². The lowest BCUT2D eigenvalue weighted by Gasteiger charge is -2.61. The second kappa shape index (κ2) is 7.41. The zero-order valence-corrected chi connectivity index (χ0v) is 21.1. The van der Waals surface area contributed by atoms with Gasteiger partial charge < -0.3 is 25.0 Å². The van der Waals surface area contributed by atoms with Crippen molar-refractivity contribution in [3.8, 4) is 0 Å². The molecule has 0 radical (unpaired) electrons. The monoisotopic (exact) mass is 485 g/mol. The molecule has 3 aliphatic carbocycles. The molecule has 8 atom stereocenters. The van der Waals surface area contributed by atoms with Gasteiger partial charge in [-0.2, -0.15) is 0 Å². The van der Waals surface area contributed by atoms with Gasteiger partial charge in [0.2, 0.25) is 0 Å². The van der Waals surface area contributed by atoms with Crippen molar-refractivity contribution >= 4 is 17.2 Å². The minimum Gasteiger partial charge on any atom is -0.392 e. The van der Waals surface area contributed by atoms with E-state index < -0.39 is 28.3 Å². The van der Waals surface area contributed by atoms with E-state index >= 15 is 0 Å². The quantitative estimate of drug-likeness (QED) is 0.450. The first-order valence-corrected chi connectivity index (χ1v) is 13.0. The Labute approximate surface area is 207 Å². The van der Waals surface area contributed by atoms with Crippen LogP contribution in [0.2, 0.25) is 0 Å². The summed E-state index contributed by atoms with van der Waals surface area (Å²) in [5.41, 5.74) is 3.19. The van der Waals surface area contributed by atoms with Crippen LogP contribution in [0.3, 0.4) is 0 Å². The molecule has 3 fully saturated rings. The van der Waals surface area contributed by atoms with Gasteiger partial charge in [-0.25, -0.2) is 0 Å². The minimum atomic E-state index is -0.955. The maximum absolute atomic E-state index is 11.2. The molecule has 1 aromatic rings. The molecule has 0 aromatic heterocycles. The van der Waals surface area contributed by atoms with Crippen LogP contribution in [0.4, 0.5) is 0 Å². The van der Waals surface area contributed by atoms with Gasteiger partial charge in [-0.1, -0.05) is 43.3 Å². The fourth-order valence-electron chi connectivity index (χ4n) is 8.22. The Morgan fingerprint density at radius 2 is 1.82 bits per heavy atom. The van der Waals surface area contributed by atoms with Gasteiger partial charge in [-0.15, -0.1) is 11.6 Å². The third kappa shape index (κ3) is 2.80. The number of rotatable bonds is 3. The number of ether oxygens (including phenoxy) is 1. The molecular weight excluding hydrogens is 450 g/mol. The predicted octanol–water partition coefficient (Wildman–Crippen LogP) is 3.64. The van der Waals surface area contributed by atoms with Crippen molar-refractivity contribution in [2.24, 2.45) is 11.3 Å². The fraction of sp³-hybridized carbons (Fsp3) is 0.643. The van der Waals surface area contributed by atoms with Crippen LogP contribution in [0.15, 0.2) is 42.0 Å². The van der Waals surface area contributed by atoms with Crippen LogP contribution in [0.25, 0.3) is 5.57 Å². The number of halogens is 1. The van der Waals surface area contributed by atoms with Crippen molar-refractivity contribution < 1.29 is 20.1 Å². The van der Waals surface area contributed by atoms with E-state index in [-0.39, 0.29) is 24.0 Å². The number of hydrogen-bond donors (Lipinski definition) is 3. The molecule has 2 saturated carbocycles. The van der Waals surface area contributed by atoms with Gasteiger partial charge >= 0.3 is 0 Å². The number of alkyl halides is 1. The first-order chi connectivity index (χ1) is 16.1. The lowest BCUT2D eigenvalue weighted by atomic mass is 9.54.